The number of benzene rings is 1. The monoisotopic (exact) mass is 288 g/mol. The Balaban J connectivity index is 2.79. The number of nitrogens with one attached hydrogen (secondary N) is 1. The maximum absolute atomic E-state index is 11.9. The van der Waals surface area contributed by atoms with Crippen molar-refractivity contribution in [3.8, 4) is 0 Å². The largest absolute Gasteiger partial charge is 0.322 e. The molecular formula is C13H18Cl2N2O. The van der Waals surface area contributed by atoms with Crippen LogP contribution in [0.4, 0.5) is 5.69 Å². The van der Waals surface area contributed by atoms with Gasteiger partial charge in [0.25, 0.3) is 0 Å². The molecule has 18 heavy (non-hydrogen) atoms. The van der Waals surface area contributed by atoms with Crippen molar-refractivity contribution in [1.82, 2.24) is 0 Å². The fourth-order valence-corrected chi connectivity index (χ4v) is 2.01. The Labute approximate surface area is 118 Å². The van der Waals surface area contributed by atoms with Gasteiger partial charge in [-0.25, -0.2) is 0 Å². The zero-order chi connectivity index (χ0) is 13.7. The normalized spacial score (nSPS) is 12.3. The van der Waals surface area contributed by atoms with Crippen molar-refractivity contribution in [3.63, 3.8) is 0 Å². The van der Waals surface area contributed by atoms with E-state index in [9.17, 15) is 4.79 Å². The molecule has 0 aliphatic rings. The fourth-order valence-electron chi connectivity index (χ4n) is 1.54. The van der Waals surface area contributed by atoms with Crippen LogP contribution in [0.2, 0.25) is 10.0 Å². The van der Waals surface area contributed by atoms with E-state index >= 15 is 0 Å². The van der Waals surface area contributed by atoms with Crippen LogP contribution in [0.25, 0.3) is 0 Å². The van der Waals surface area contributed by atoms with Gasteiger partial charge in [0.05, 0.1) is 21.8 Å². The summed E-state index contributed by atoms with van der Waals surface area (Å²) in [6.45, 7) is 3.91. The molecule has 100 valence electrons. The smallest absolute Gasteiger partial charge is 0.241 e. The molecule has 1 aromatic carbocycles. The van der Waals surface area contributed by atoms with Crippen molar-refractivity contribution in [2.24, 2.45) is 5.73 Å². The van der Waals surface area contributed by atoms with E-state index in [0.717, 1.165) is 18.4 Å². The summed E-state index contributed by atoms with van der Waals surface area (Å²) in [5.74, 6) is -0.252. The number of hydrogen-bond acceptors (Lipinski definition) is 2. The van der Waals surface area contributed by atoms with Crippen LogP contribution >= 0.6 is 23.2 Å². The molecule has 0 bridgehead atoms. The molecule has 3 N–H and O–H groups in total. The van der Waals surface area contributed by atoms with Crippen LogP contribution in [0.1, 0.15) is 31.7 Å². The molecule has 0 aromatic heterocycles. The molecule has 3 nitrogen and oxygen atoms in total. The number of halogens is 2. The minimum Gasteiger partial charge on any atom is -0.322 e. The van der Waals surface area contributed by atoms with E-state index in [-0.39, 0.29) is 5.91 Å². The fraction of sp³-hybridized carbons (Fsp3) is 0.462. The summed E-state index contributed by atoms with van der Waals surface area (Å²) in [5, 5.41) is 3.58. The molecule has 0 saturated heterocycles. The van der Waals surface area contributed by atoms with Gasteiger partial charge in [0.1, 0.15) is 0 Å². The van der Waals surface area contributed by atoms with Crippen molar-refractivity contribution in [2.75, 3.05) is 5.32 Å². The molecule has 1 amide bonds. The van der Waals surface area contributed by atoms with Gasteiger partial charge in [0.2, 0.25) is 5.91 Å². The predicted molar refractivity (Wildman–Crippen MR) is 77.3 cm³/mol. The number of hydrogen-bond donors (Lipinski definition) is 2. The van der Waals surface area contributed by atoms with Gasteiger partial charge >= 0.3 is 0 Å². The number of carbonyl (C=O) groups excluding carboxylic acids is 1. The number of rotatable bonds is 5. The van der Waals surface area contributed by atoms with Crippen molar-refractivity contribution in [2.45, 2.75) is 39.2 Å². The second kappa shape index (κ2) is 6.98. The molecule has 0 radical (unpaired) electrons. The number of aryl methyl sites for hydroxylation is 1. The van der Waals surface area contributed by atoms with E-state index in [1.54, 1.807) is 12.1 Å². The molecule has 1 rings (SSSR count). The van der Waals surface area contributed by atoms with Crippen LogP contribution < -0.4 is 11.1 Å². The predicted octanol–water partition coefficient (Wildman–Crippen LogP) is 3.76. The lowest BCUT2D eigenvalue weighted by Gasteiger charge is -2.14. The number of unbranched alkanes of at least 4 members (excludes halogenated alkanes) is 1. The van der Waals surface area contributed by atoms with E-state index in [0.29, 0.717) is 22.2 Å². The molecular weight excluding hydrogens is 271 g/mol. The minimum absolute atomic E-state index is 0.252. The number of nitrogens with two attached hydrogens (primary N) is 1. The first-order valence-corrected chi connectivity index (χ1v) is 6.74. The van der Waals surface area contributed by atoms with Gasteiger partial charge in [-0.2, -0.15) is 0 Å². The first kappa shape index (κ1) is 15.3. The van der Waals surface area contributed by atoms with Crippen molar-refractivity contribution < 1.29 is 4.79 Å². The van der Waals surface area contributed by atoms with Gasteiger partial charge in [0.15, 0.2) is 0 Å². The summed E-state index contributed by atoms with van der Waals surface area (Å²) in [5.41, 5.74) is 7.09. The zero-order valence-electron chi connectivity index (χ0n) is 10.6. The molecule has 1 aromatic rings. The van der Waals surface area contributed by atoms with Gasteiger partial charge in [-0.05, 0) is 25.0 Å². The van der Waals surface area contributed by atoms with E-state index < -0.39 is 6.04 Å². The molecule has 0 spiro atoms. The highest BCUT2D eigenvalue weighted by molar-refractivity contribution is 6.40. The van der Waals surface area contributed by atoms with Gasteiger partial charge in [-0.3, -0.25) is 4.79 Å². The summed E-state index contributed by atoms with van der Waals surface area (Å²) < 4.78 is 0. The summed E-state index contributed by atoms with van der Waals surface area (Å²) in [6, 6.07) is 2.98. The number of amides is 1. The molecule has 0 aliphatic carbocycles. The Bertz CT molecular complexity index is 435. The van der Waals surface area contributed by atoms with Crippen molar-refractivity contribution in [1.29, 1.82) is 0 Å². The van der Waals surface area contributed by atoms with Gasteiger partial charge in [-0.15, -0.1) is 0 Å². The Morgan fingerprint density at radius 1 is 1.44 bits per heavy atom. The van der Waals surface area contributed by atoms with Gasteiger partial charge in [-0.1, -0.05) is 49.0 Å². The third-order valence-corrected chi connectivity index (χ3v) is 3.54. The van der Waals surface area contributed by atoms with Crippen LogP contribution in [-0.2, 0) is 4.79 Å². The molecule has 5 heteroatoms. The number of carbonyl (C=O) groups is 1. The third kappa shape index (κ3) is 3.87. The first-order chi connectivity index (χ1) is 8.47. The van der Waals surface area contributed by atoms with Crippen LogP contribution in [-0.4, -0.2) is 11.9 Å². The van der Waals surface area contributed by atoms with E-state index in [1.807, 2.05) is 6.92 Å². The van der Waals surface area contributed by atoms with E-state index in [2.05, 4.69) is 12.2 Å². The first-order valence-electron chi connectivity index (χ1n) is 5.98. The highest BCUT2D eigenvalue weighted by Crippen LogP contribution is 2.32. The summed E-state index contributed by atoms with van der Waals surface area (Å²) in [6.07, 6.45) is 2.58. The minimum atomic E-state index is -0.530. The summed E-state index contributed by atoms with van der Waals surface area (Å²) in [4.78, 5) is 11.9. The molecule has 0 heterocycles. The van der Waals surface area contributed by atoms with Gasteiger partial charge < -0.3 is 11.1 Å². The zero-order valence-corrected chi connectivity index (χ0v) is 12.1. The number of anilines is 1. The Hall–Kier alpha value is -0.770. The van der Waals surface area contributed by atoms with E-state index in [1.165, 1.54) is 0 Å². The molecule has 1 atom stereocenters. The molecule has 0 fully saturated rings. The lowest BCUT2D eigenvalue weighted by molar-refractivity contribution is -0.117. The van der Waals surface area contributed by atoms with Crippen molar-refractivity contribution in [3.05, 3.63) is 27.7 Å². The highest BCUT2D eigenvalue weighted by atomic mass is 35.5. The standard InChI is InChI=1S/C13H18Cl2N2O/c1-3-4-5-10(16)13(18)17-12-9(14)7-6-8(2)11(12)15/h6-7,10H,3-5,16H2,1-2H3,(H,17,18). The molecule has 0 aliphatic heterocycles. The van der Waals surface area contributed by atoms with Gasteiger partial charge in [0, 0.05) is 0 Å². The average Bonchev–Trinajstić information content (AvgIpc) is 2.36. The van der Waals surface area contributed by atoms with Crippen LogP contribution in [0.3, 0.4) is 0 Å². The lowest BCUT2D eigenvalue weighted by atomic mass is 10.1. The van der Waals surface area contributed by atoms with E-state index in [4.69, 9.17) is 28.9 Å². The lowest BCUT2D eigenvalue weighted by Crippen LogP contribution is -2.35. The molecule has 0 saturated carbocycles. The average molecular weight is 289 g/mol. The maximum atomic E-state index is 11.9. The Morgan fingerprint density at radius 3 is 2.72 bits per heavy atom. The highest BCUT2D eigenvalue weighted by Gasteiger charge is 2.16. The molecule has 1 unspecified atom stereocenters. The second-order valence-corrected chi connectivity index (χ2v) is 5.08. The third-order valence-electron chi connectivity index (χ3n) is 2.74. The quantitative estimate of drug-likeness (QED) is 0.867. The summed E-state index contributed by atoms with van der Waals surface area (Å²) >= 11 is 12.1. The SMILES string of the molecule is CCCCC(N)C(=O)Nc1c(Cl)ccc(C)c1Cl. The topological polar surface area (TPSA) is 55.1 Å². The van der Waals surface area contributed by atoms with Crippen LogP contribution in [0, 0.1) is 6.92 Å². The second-order valence-electron chi connectivity index (χ2n) is 4.29. The van der Waals surface area contributed by atoms with Crippen LogP contribution in [0.5, 0.6) is 0 Å². The summed E-state index contributed by atoms with van der Waals surface area (Å²) in [7, 11) is 0. The Kier molecular flexibility index (Phi) is 5.93. The maximum Gasteiger partial charge on any atom is 0.241 e. The van der Waals surface area contributed by atoms with Crippen molar-refractivity contribution >= 4 is 34.8 Å². The van der Waals surface area contributed by atoms with Crippen LogP contribution in [0.15, 0.2) is 12.1 Å². The Morgan fingerprint density at radius 2 is 2.11 bits per heavy atom.